The fourth-order valence-electron chi connectivity index (χ4n) is 3.54. The second-order valence-corrected chi connectivity index (χ2v) is 7.03. The standard InChI is InChI=1S/C20H23N3O5/c1-2-3-4-5-9-15(24)21-13-8-6-7-12-17(13)20(28)23(19(12)27)14-10-11-16(25)22-18(14)26/h6-8,14H,2-5,9-11H2,1H3,(H,21,24)(H,22,25,26). The van der Waals surface area contributed by atoms with Crippen LogP contribution in [0.5, 0.6) is 0 Å². The van der Waals surface area contributed by atoms with Crippen LogP contribution in [0.1, 0.15) is 72.6 Å². The van der Waals surface area contributed by atoms with Gasteiger partial charge in [0.05, 0.1) is 16.8 Å². The molecule has 28 heavy (non-hydrogen) atoms. The molecule has 0 saturated carbocycles. The van der Waals surface area contributed by atoms with Crippen LogP contribution in [-0.2, 0) is 14.4 Å². The normalized spacial score (nSPS) is 18.9. The van der Waals surface area contributed by atoms with Crippen LogP contribution in [-0.4, -0.2) is 40.5 Å². The van der Waals surface area contributed by atoms with Gasteiger partial charge >= 0.3 is 0 Å². The molecule has 1 unspecified atom stereocenters. The topological polar surface area (TPSA) is 113 Å². The van der Waals surface area contributed by atoms with Crippen LogP contribution in [0.4, 0.5) is 5.69 Å². The van der Waals surface area contributed by atoms with E-state index in [1.165, 1.54) is 6.07 Å². The van der Waals surface area contributed by atoms with E-state index in [9.17, 15) is 24.0 Å². The molecule has 0 spiro atoms. The number of imide groups is 2. The van der Waals surface area contributed by atoms with Gasteiger partial charge in [-0.05, 0) is 25.0 Å². The average Bonchev–Trinajstić information content (AvgIpc) is 2.91. The lowest BCUT2D eigenvalue weighted by Crippen LogP contribution is -2.54. The molecular weight excluding hydrogens is 362 g/mol. The highest BCUT2D eigenvalue weighted by atomic mass is 16.2. The molecule has 148 valence electrons. The highest BCUT2D eigenvalue weighted by Crippen LogP contribution is 2.32. The van der Waals surface area contributed by atoms with Crippen molar-refractivity contribution in [2.75, 3.05) is 5.32 Å². The van der Waals surface area contributed by atoms with Crippen LogP contribution >= 0.6 is 0 Å². The van der Waals surface area contributed by atoms with Gasteiger partial charge in [-0.15, -0.1) is 0 Å². The van der Waals surface area contributed by atoms with Crippen LogP contribution in [0.2, 0.25) is 0 Å². The van der Waals surface area contributed by atoms with Crippen molar-refractivity contribution in [3.8, 4) is 0 Å². The molecule has 8 nitrogen and oxygen atoms in total. The Labute approximate surface area is 162 Å². The lowest BCUT2D eigenvalue weighted by atomic mass is 10.0. The Morgan fingerprint density at radius 2 is 1.93 bits per heavy atom. The molecule has 2 aliphatic heterocycles. The summed E-state index contributed by atoms with van der Waals surface area (Å²) >= 11 is 0. The summed E-state index contributed by atoms with van der Waals surface area (Å²) in [4.78, 5) is 62.2. The number of carbonyl (C=O) groups excluding carboxylic acids is 5. The van der Waals surface area contributed by atoms with E-state index in [0.717, 1.165) is 30.6 Å². The molecule has 1 atom stereocenters. The first-order chi connectivity index (χ1) is 13.4. The van der Waals surface area contributed by atoms with Crippen molar-refractivity contribution in [1.29, 1.82) is 0 Å². The van der Waals surface area contributed by atoms with Crippen molar-refractivity contribution in [1.82, 2.24) is 10.2 Å². The molecule has 0 radical (unpaired) electrons. The highest BCUT2D eigenvalue weighted by Gasteiger charge is 2.45. The van der Waals surface area contributed by atoms with E-state index >= 15 is 0 Å². The molecule has 1 aromatic carbocycles. The van der Waals surface area contributed by atoms with Crippen LogP contribution in [0.15, 0.2) is 18.2 Å². The number of hydrogen-bond acceptors (Lipinski definition) is 5. The molecule has 2 aliphatic rings. The molecule has 1 aromatic rings. The first-order valence-corrected chi connectivity index (χ1v) is 9.58. The zero-order valence-electron chi connectivity index (χ0n) is 15.7. The summed E-state index contributed by atoms with van der Waals surface area (Å²) in [6, 6.07) is 3.63. The fourth-order valence-corrected chi connectivity index (χ4v) is 3.54. The van der Waals surface area contributed by atoms with Crippen molar-refractivity contribution >= 4 is 35.2 Å². The molecule has 1 fully saturated rings. The maximum atomic E-state index is 12.9. The second kappa shape index (κ2) is 8.33. The fraction of sp³-hybridized carbons (Fsp3) is 0.450. The lowest BCUT2D eigenvalue weighted by molar-refractivity contribution is -0.136. The minimum Gasteiger partial charge on any atom is -0.325 e. The summed E-state index contributed by atoms with van der Waals surface area (Å²) in [6.07, 6.45) is 4.33. The summed E-state index contributed by atoms with van der Waals surface area (Å²) in [5.74, 6) is -2.52. The van der Waals surface area contributed by atoms with Crippen molar-refractivity contribution in [2.45, 2.75) is 57.9 Å². The minimum atomic E-state index is -1.03. The van der Waals surface area contributed by atoms with E-state index in [0.29, 0.717) is 6.42 Å². The number of rotatable bonds is 7. The molecule has 0 aromatic heterocycles. The van der Waals surface area contributed by atoms with Gasteiger partial charge in [0.15, 0.2) is 0 Å². The van der Waals surface area contributed by atoms with E-state index in [-0.39, 0.29) is 35.6 Å². The zero-order valence-corrected chi connectivity index (χ0v) is 15.7. The third-order valence-corrected chi connectivity index (χ3v) is 5.00. The molecule has 1 saturated heterocycles. The maximum Gasteiger partial charge on any atom is 0.264 e. The number of anilines is 1. The van der Waals surface area contributed by atoms with Crippen molar-refractivity contribution in [3.05, 3.63) is 29.3 Å². The number of unbranched alkanes of at least 4 members (excludes halogenated alkanes) is 3. The first kappa shape index (κ1) is 19.7. The van der Waals surface area contributed by atoms with E-state index in [4.69, 9.17) is 0 Å². The molecule has 3 rings (SSSR count). The number of piperidine rings is 1. The third kappa shape index (κ3) is 3.81. The molecular formula is C20H23N3O5. The summed E-state index contributed by atoms with van der Waals surface area (Å²) in [7, 11) is 0. The molecule has 2 N–H and O–H groups in total. The van der Waals surface area contributed by atoms with Crippen molar-refractivity contribution in [2.24, 2.45) is 0 Å². The summed E-state index contributed by atoms with van der Waals surface area (Å²) in [5, 5.41) is 4.88. The van der Waals surface area contributed by atoms with Crippen molar-refractivity contribution in [3.63, 3.8) is 0 Å². The highest BCUT2D eigenvalue weighted by molar-refractivity contribution is 6.26. The van der Waals surface area contributed by atoms with Gasteiger partial charge in [-0.1, -0.05) is 32.3 Å². The molecule has 5 amide bonds. The molecule has 0 bridgehead atoms. The number of carbonyl (C=O) groups is 5. The van der Waals surface area contributed by atoms with Crippen LogP contribution in [0.3, 0.4) is 0 Å². The van der Waals surface area contributed by atoms with E-state index in [2.05, 4.69) is 17.6 Å². The molecule has 8 heteroatoms. The van der Waals surface area contributed by atoms with Gasteiger partial charge in [0.2, 0.25) is 17.7 Å². The van der Waals surface area contributed by atoms with Gasteiger partial charge in [0.25, 0.3) is 11.8 Å². The smallest absolute Gasteiger partial charge is 0.264 e. The van der Waals surface area contributed by atoms with E-state index in [1.807, 2.05) is 0 Å². The monoisotopic (exact) mass is 385 g/mol. The Bertz CT molecular complexity index is 848. The van der Waals surface area contributed by atoms with Gasteiger partial charge in [-0.3, -0.25) is 34.2 Å². The number of nitrogens with zero attached hydrogens (tertiary/aromatic N) is 1. The Kier molecular flexibility index (Phi) is 5.87. The Morgan fingerprint density at radius 3 is 2.64 bits per heavy atom. The Hall–Kier alpha value is -3.03. The van der Waals surface area contributed by atoms with Gasteiger partial charge in [-0.25, -0.2) is 0 Å². The number of fused-ring (bicyclic) bond motifs is 1. The first-order valence-electron chi connectivity index (χ1n) is 9.58. The van der Waals surface area contributed by atoms with E-state index in [1.54, 1.807) is 12.1 Å². The Morgan fingerprint density at radius 1 is 1.14 bits per heavy atom. The molecule has 2 heterocycles. The van der Waals surface area contributed by atoms with Crippen LogP contribution in [0.25, 0.3) is 0 Å². The lowest BCUT2D eigenvalue weighted by Gasteiger charge is -2.27. The molecule has 0 aliphatic carbocycles. The number of nitrogens with one attached hydrogen (secondary N) is 2. The third-order valence-electron chi connectivity index (χ3n) is 5.00. The predicted octanol–water partition coefficient (Wildman–Crippen LogP) is 2.00. The minimum absolute atomic E-state index is 0.0607. The van der Waals surface area contributed by atoms with Crippen LogP contribution < -0.4 is 10.6 Å². The van der Waals surface area contributed by atoms with Gasteiger partial charge in [-0.2, -0.15) is 0 Å². The number of amides is 5. The van der Waals surface area contributed by atoms with Crippen LogP contribution in [0, 0.1) is 0 Å². The van der Waals surface area contributed by atoms with Crippen molar-refractivity contribution < 1.29 is 24.0 Å². The quantitative estimate of drug-likeness (QED) is 0.551. The summed E-state index contributed by atoms with van der Waals surface area (Å²) in [6.45, 7) is 2.09. The van der Waals surface area contributed by atoms with E-state index < -0.39 is 29.7 Å². The maximum absolute atomic E-state index is 12.9. The van der Waals surface area contributed by atoms with Gasteiger partial charge < -0.3 is 5.32 Å². The zero-order chi connectivity index (χ0) is 20.3. The summed E-state index contributed by atoms with van der Waals surface area (Å²) < 4.78 is 0. The number of hydrogen-bond donors (Lipinski definition) is 2. The predicted molar refractivity (Wildman–Crippen MR) is 101 cm³/mol. The Balaban J connectivity index is 1.77. The summed E-state index contributed by atoms with van der Waals surface area (Å²) in [5.41, 5.74) is 0.517. The second-order valence-electron chi connectivity index (χ2n) is 7.03. The SMILES string of the molecule is CCCCCCC(=O)Nc1cccc2c1C(=O)N(C1CCC(=O)NC1=O)C2=O. The largest absolute Gasteiger partial charge is 0.325 e. The number of benzene rings is 1. The van der Waals surface area contributed by atoms with Gasteiger partial charge in [0, 0.05) is 12.8 Å². The van der Waals surface area contributed by atoms with Gasteiger partial charge in [0.1, 0.15) is 6.04 Å². The average molecular weight is 385 g/mol.